The van der Waals surface area contributed by atoms with E-state index in [2.05, 4.69) is 20.6 Å². The van der Waals surface area contributed by atoms with Gasteiger partial charge < -0.3 is 20.1 Å². The molecule has 0 unspecified atom stereocenters. The Balaban J connectivity index is 1.65. The van der Waals surface area contributed by atoms with Gasteiger partial charge in [0.25, 0.3) is 5.91 Å². The number of hydrogen-bond acceptors (Lipinski definition) is 6. The van der Waals surface area contributed by atoms with Crippen molar-refractivity contribution in [3.8, 4) is 11.5 Å². The van der Waals surface area contributed by atoms with E-state index in [1.807, 2.05) is 0 Å². The lowest BCUT2D eigenvalue weighted by Gasteiger charge is -2.16. The van der Waals surface area contributed by atoms with E-state index < -0.39 is 0 Å². The van der Waals surface area contributed by atoms with Crippen LogP contribution in [0.5, 0.6) is 11.5 Å². The number of rotatable bonds is 6. The third kappa shape index (κ3) is 5.09. The number of methoxy groups -OCH3 is 2. The van der Waals surface area contributed by atoms with Crippen molar-refractivity contribution in [3.63, 3.8) is 0 Å². The van der Waals surface area contributed by atoms with Gasteiger partial charge in [0.05, 0.1) is 32.3 Å². The van der Waals surface area contributed by atoms with Crippen molar-refractivity contribution in [2.75, 3.05) is 24.9 Å². The lowest BCUT2D eigenvalue weighted by molar-refractivity contribution is 0.102. The third-order valence-corrected chi connectivity index (χ3v) is 4.75. The Morgan fingerprint density at radius 3 is 2.44 bits per heavy atom. The summed E-state index contributed by atoms with van der Waals surface area (Å²) >= 11 is 0. The number of ether oxygens (including phenoxy) is 2. The van der Waals surface area contributed by atoms with E-state index in [0.29, 0.717) is 29.0 Å². The average molecular weight is 370 g/mol. The summed E-state index contributed by atoms with van der Waals surface area (Å²) in [6.07, 6.45) is 10.5. The molecule has 0 bridgehead atoms. The van der Waals surface area contributed by atoms with E-state index in [-0.39, 0.29) is 11.6 Å². The highest BCUT2D eigenvalue weighted by molar-refractivity contribution is 6.03. The Labute approximate surface area is 159 Å². The Kier molecular flexibility index (Phi) is 6.46. The standard InChI is InChI=1S/C20H26N4O3/c1-26-15-9-10-18(27-2)16(11-15)24-20(25)17-12-22-19(13-21-17)23-14-7-5-3-4-6-8-14/h9-14H,3-8H2,1-2H3,(H,22,23)(H,24,25). The van der Waals surface area contributed by atoms with Crippen LogP contribution in [0.1, 0.15) is 49.0 Å². The molecule has 1 heterocycles. The molecule has 2 aromatic rings. The van der Waals surface area contributed by atoms with Crippen molar-refractivity contribution in [3.05, 3.63) is 36.3 Å². The minimum Gasteiger partial charge on any atom is -0.497 e. The fourth-order valence-electron chi connectivity index (χ4n) is 3.25. The lowest BCUT2D eigenvalue weighted by atomic mass is 10.1. The van der Waals surface area contributed by atoms with Gasteiger partial charge in [-0.15, -0.1) is 0 Å². The average Bonchev–Trinajstić information content (AvgIpc) is 2.97. The molecular weight excluding hydrogens is 344 g/mol. The SMILES string of the molecule is COc1ccc(OC)c(NC(=O)c2cnc(NC3CCCCCC3)cn2)c1. The molecule has 2 N–H and O–H groups in total. The predicted molar refractivity (Wildman–Crippen MR) is 105 cm³/mol. The lowest BCUT2D eigenvalue weighted by Crippen LogP contribution is -2.20. The summed E-state index contributed by atoms with van der Waals surface area (Å²) < 4.78 is 10.5. The highest BCUT2D eigenvalue weighted by atomic mass is 16.5. The van der Waals surface area contributed by atoms with Crippen LogP contribution in [0.3, 0.4) is 0 Å². The Morgan fingerprint density at radius 1 is 1.04 bits per heavy atom. The van der Waals surface area contributed by atoms with Crippen molar-refractivity contribution >= 4 is 17.4 Å². The smallest absolute Gasteiger partial charge is 0.275 e. The van der Waals surface area contributed by atoms with Gasteiger partial charge in [-0.05, 0) is 25.0 Å². The minimum absolute atomic E-state index is 0.242. The molecule has 1 amide bonds. The summed E-state index contributed by atoms with van der Waals surface area (Å²) in [4.78, 5) is 21.1. The molecule has 1 saturated carbocycles. The molecule has 1 aromatic heterocycles. The maximum Gasteiger partial charge on any atom is 0.275 e. The van der Waals surface area contributed by atoms with Crippen molar-refractivity contribution in [2.45, 2.75) is 44.6 Å². The van der Waals surface area contributed by atoms with Crippen LogP contribution in [0.15, 0.2) is 30.6 Å². The maximum absolute atomic E-state index is 12.5. The van der Waals surface area contributed by atoms with Gasteiger partial charge >= 0.3 is 0 Å². The third-order valence-electron chi connectivity index (χ3n) is 4.75. The van der Waals surface area contributed by atoms with Crippen LogP contribution in [0, 0.1) is 0 Å². The molecule has 7 nitrogen and oxygen atoms in total. The van der Waals surface area contributed by atoms with Crippen molar-refractivity contribution < 1.29 is 14.3 Å². The Bertz CT molecular complexity index is 756. The number of carbonyl (C=O) groups excluding carboxylic acids is 1. The van der Waals surface area contributed by atoms with Crippen molar-refractivity contribution in [1.29, 1.82) is 0 Å². The number of carbonyl (C=O) groups is 1. The molecular formula is C20H26N4O3. The molecule has 1 aliphatic carbocycles. The van der Waals surface area contributed by atoms with Crippen LogP contribution >= 0.6 is 0 Å². The fourth-order valence-corrected chi connectivity index (χ4v) is 3.25. The van der Waals surface area contributed by atoms with Crippen LogP contribution in [0.4, 0.5) is 11.5 Å². The van der Waals surface area contributed by atoms with Crippen LogP contribution in [0.25, 0.3) is 0 Å². The van der Waals surface area contributed by atoms with Crippen LogP contribution < -0.4 is 20.1 Å². The number of amides is 1. The zero-order valence-corrected chi connectivity index (χ0v) is 15.8. The van der Waals surface area contributed by atoms with Gasteiger partial charge in [0.1, 0.15) is 23.0 Å². The van der Waals surface area contributed by atoms with Crippen molar-refractivity contribution in [2.24, 2.45) is 0 Å². The molecule has 3 rings (SSSR count). The van der Waals surface area contributed by atoms with Crippen LogP contribution in [-0.4, -0.2) is 36.1 Å². The highest BCUT2D eigenvalue weighted by Crippen LogP contribution is 2.29. The largest absolute Gasteiger partial charge is 0.497 e. The predicted octanol–water partition coefficient (Wildman–Crippen LogP) is 3.88. The molecule has 144 valence electrons. The van der Waals surface area contributed by atoms with E-state index in [1.165, 1.54) is 31.9 Å². The van der Waals surface area contributed by atoms with E-state index in [4.69, 9.17) is 9.47 Å². The molecule has 7 heteroatoms. The molecule has 1 fully saturated rings. The molecule has 0 spiro atoms. The van der Waals surface area contributed by atoms with Crippen LogP contribution in [-0.2, 0) is 0 Å². The summed E-state index contributed by atoms with van der Waals surface area (Å²) in [5.74, 6) is 1.52. The number of hydrogen-bond donors (Lipinski definition) is 2. The van der Waals surface area contributed by atoms with Gasteiger partial charge in [0.15, 0.2) is 0 Å². The van der Waals surface area contributed by atoms with E-state index >= 15 is 0 Å². The van der Waals surface area contributed by atoms with Gasteiger partial charge in [0.2, 0.25) is 0 Å². The maximum atomic E-state index is 12.5. The zero-order valence-electron chi connectivity index (χ0n) is 15.8. The van der Waals surface area contributed by atoms with Gasteiger partial charge in [-0.1, -0.05) is 25.7 Å². The molecule has 0 radical (unpaired) electrons. The molecule has 27 heavy (non-hydrogen) atoms. The van der Waals surface area contributed by atoms with Gasteiger partial charge in [0, 0.05) is 12.1 Å². The molecule has 1 aromatic carbocycles. The topological polar surface area (TPSA) is 85.4 Å². The van der Waals surface area contributed by atoms with Gasteiger partial charge in [-0.25, -0.2) is 9.97 Å². The summed E-state index contributed by atoms with van der Waals surface area (Å²) in [5.41, 5.74) is 0.760. The molecule has 0 saturated heterocycles. The summed E-state index contributed by atoms with van der Waals surface area (Å²) in [5, 5.41) is 6.22. The number of nitrogens with one attached hydrogen (secondary N) is 2. The molecule has 0 atom stereocenters. The second-order valence-corrected chi connectivity index (χ2v) is 6.64. The summed E-state index contributed by atoms with van der Waals surface area (Å²) in [6.45, 7) is 0. The second kappa shape index (κ2) is 9.21. The molecule has 0 aliphatic heterocycles. The van der Waals surface area contributed by atoms with Crippen molar-refractivity contribution in [1.82, 2.24) is 9.97 Å². The summed E-state index contributed by atoms with van der Waals surface area (Å²) in [6, 6.07) is 5.64. The van der Waals surface area contributed by atoms with E-state index in [9.17, 15) is 4.79 Å². The second-order valence-electron chi connectivity index (χ2n) is 6.64. The van der Waals surface area contributed by atoms with Gasteiger partial charge in [-0.2, -0.15) is 0 Å². The first-order chi connectivity index (χ1) is 13.2. The van der Waals surface area contributed by atoms with E-state index in [0.717, 1.165) is 12.8 Å². The van der Waals surface area contributed by atoms with Gasteiger partial charge in [-0.3, -0.25) is 4.79 Å². The van der Waals surface area contributed by atoms with Crippen LogP contribution in [0.2, 0.25) is 0 Å². The first kappa shape index (κ1) is 18.9. The normalized spacial score (nSPS) is 14.9. The van der Waals surface area contributed by atoms with E-state index in [1.54, 1.807) is 38.6 Å². The highest BCUT2D eigenvalue weighted by Gasteiger charge is 2.15. The number of anilines is 2. The number of nitrogens with zero attached hydrogens (tertiary/aromatic N) is 2. The minimum atomic E-state index is -0.352. The Hall–Kier alpha value is -2.83. The number of aromatic nitrogens is 2. The molecule has 1 aliphatic rings. The quantitative estimate of drug-likeness (QED) is 0.751. The zero-order chi connectivity index (χ0) is 19.1. The fraction of sp³-hybridized carbons (Fsp3) is 0.450. The number of benzene rings is 1. The monoisotopic (exact) mass is 370 g/mol. The first-order valence-electron chi connectivity index (χ1n) is 9.31. The first-order valence-corrected chi connectivity index (χ1v) is 9.31. The Morgan fingerprint density at radius 2 is 1.81 bits per heavy atom. The summed E-state index contributed by atoms with van der Waals surface area (Å²) in [7, 11) is 3.12.